The molecule has 6 atom stereocenters. The molecule has 118 valence electrons. The van der Waals surface area contributed by atoms with Gasteiger partial charge in [-0.25, -0.2) is 0 Å². The van der Waals surface area contributed by atoms with Crippen LogP contribution in [0.15, 0.2) is 0 Å². The van der Waals surface area contributed by atoms with Gasteiger partial charge >= 0.3 is 5.97 Å². The van der Waals surface area contributed by atoms with Gasteiger partial charge in [0.25, 0.3) is 0 Å². The molecule has 2 nitrogen and oxygen atoms in total. The Kier molecular flexibility index (Phi) is 3.17. The Morgan fingerprint density at radius 1 is 0.905 bits per heavy atom. The van der Waals surface area contributed by atoms with E-state index >= 15 is 0 Å². The highest BCUT2D eigenvalue weighted by Crippen LogP contribution is 2.66. The molecule has 0 radical (unpaired) electrons. The first kappa shape index (κ1) is 14.1. The van der Waals surface area contributed by atoms with Crippen molar-refractivity contribution in [2.24, 2.45) is 34.5 Å². The quantitative estimate of drug-likeness (QED) is 0.747. The molecule has 4 fully saturated rings. The third-order valence-corrected chi connectivity index (χ3v) is 8.25. The second-order valence-electron chi connectivity index (χ2n) is 8.83. The smallest absolute Gasteiger partial charge is 0.310 e. The van der Waals surface area contributed by atoms with Crippen molar-refractivity contribution < 1.29 is 9.90 Å². The summed E-state index contributed by atoms with van der Waals surface area (Å²) in [6, 6.07) is 0. The standard InChI is InChI=1S/C19H30O2/c1-18-10-4-6-15(18)14-8-7-13-5-2-3-11-19(13,17(20)21)16(14)9-12-18/h13-16H,2-12H2,1H3,(H,20,21)/t13?,14-,15+,16-,18-,19+/m0/s1. The predicted molar refractivity (Wildman–Crippen MR) is 82.9 cm³/mol. The Hall–Kier alpha value is -0.530. The molecule has 0 aromatic rings. The SMILES string of the molecule is C[C@@]12CCC[C@@H]1[C@@H]1CCC3CCCC[C@]3(C(=O)O)[C@H]1CC2. The molecule has 2 heteroatoms. The van der Waals surface area contributed by atoms with Crippen LogP contribution in [0.1, 0.15) is 77.6 Å². The third-order valence-electron chi connectivity index (χ3n) is 8.25. The van der Waals surface area contributed by atoms with Crippen LogP contribution in [0.4, 0.5) is 0 Å². The lowest BCUT2D eigenvalue weighted by Gasteiger charge is -2.59. The molecule has 0 bridgehead atoms. The van der Waals surface area contributed by atoms with Crippen LogP contribution in [0.3, 0.4) is 0 Å². The monoisotopic (exact) mass is 290 g/mol. The van der Waals surface area contributed by atoms with Crippen molar-refractivity contribution in [3.8, 4) is 0 Å². The van der Waals surface area contributed by atoms with E-state index in [1.807, 2.05) is 0 Å². The van der Waals surface area contributed by atoms with E-state index in [0.717, 1.165) is 24.7 Å². The first-order chi connectivity index (χ1) is 10.1. The van der Waals surface area contributed by atoms with E-state index in [9.17, 15) is 9.90 Å². The van der Waals surface area contributed by atoms with E-state index in [-0.39, 0.29) is 5.41 Å². The number of hydrogen-bond acceptors (Lipinski definition) is 1. The number of carbonyl (C=O) groups is 1. The minimum absolute atomic E-state index is 0.342. The van der Waals surface area contributed by atoms with Crippen LogP contribution < -0.4 is 0 Å². The highest BCUT2D eigenvalue weighted by Gasteiger charge is 2.61. The number of carboxylic acids is 1. The minimum atomic E-state index is -0.441. The zero-order valence-electron chi connectivity index (χ0n) is 13.4. The molecule has 21 heavy (non-hydrogen) atoms. The molecule has 4 aliphatic carbocycles. The van der Waals surface area contributed by atoms with E-state index in [4.69, 9.17) is 0 Å². The fourth-order valence-electron chi connectivity index (χ4n) is 7.32. The summed E-state index contributed by atoms with van der Waals surface area (Å²) in [6.07, 6.45) is 13.7. The van der Waals surface area contributed by atoms with Crippen molar-refractivity contribution in [2.75, 3.05) is 0 Å². The molecule has 0 saturated heterocycles. The minimum Gasteiger partial charge on any atom is -0.481 e. The van der Waals surface area contributed by atoms with Crippen LogP contribution in [-0.2, 0) is 4.79 Å². The fourth-order valence-corrected chi connectivity index (χ4v) is 7.32. The van der Waals surface area contributed by atoms with Gasteiger partial charge in [0.15, 0.2) is 0 Å². The van der Waals surface area contributed by atoms with E-state index < -0.39 is 5.97 Å². The maximum atomic E-state index is 12.3. The Morgan fingerprint density at radius 3 is 2.57 bits per heavy atom. The second-order valence-corrected chi connectivity index (χ2v) is 8.83. The van der Waals surface area contributed by atoms with Crippen molar-refractivity contribution in [3.63, 3.8) is 0 Å². The van der Waals surface area contributed by atoms with Crippen LogP contribution in [0, 0.1) is 34.5 Å². The van der Waals surface area contributed by atoms with Gasteiger partial charge in [-0.1, -0.05) is 26.2 Å². The fraction of sp³-hybridized carbons (Fsp3) is 0.947. The lowest BCUT2D eigenvalue weighted by molar-refractivity contribution is -0.178. The van der Waals surface area contributed by atoms with Crippen LogP contribution >= 0.6 is 0 Å². The number of rotatable bonds is 1. The summed E-state index contributed by atoms with van der Waals surface area (Å²) in [5, 5.41) is 10.2. The third kappa shape index (κ3) is 1.80. The first-order valence-electron chi connectivity index (χ1n) is 9.31. The lowest BCUT2D eigenvalue weighted by atomic mass is 9.45. The summed E-state index contributed by atoms with van der Waals surface area (Å²) in [4.78, 5) is 12.3. The van der Waals surface area contributed by atoms with Gasteiger partial charge in [0.1, 0.15) is 0 Å². The van der Waals surface area contributed by atoms with Gasteiger partial charge in [-0.15, -0.1) is 0 Å². The average molecular weight is 290 g/mol. The molecule has 4 rings (SSSR count). The molecule has 0 heterocycles. The number of fused-ring (bicyclic) bond motifs is 5. The van der Waals surface area contributed by atoms with Gasteiger partial charge in [0.2, 0.25) is 0 Å². The van der Waals surface area contributed by atoms with Crippen LogP contribution in [0.25, 0.3) is 0 Å². The summed E-state index contributed by atoms with van der Waals surface area (Å²) in [5.41, 5.74) is 0.202. The maximum Gasteiger partial charge on any atom is 0.310 e. The molecular formula is C19H30O2. The molecule has 4 aliphatic rings. The summed E-state index contributed by atoms with van der Waals surface area (Å²) in [6.45, 7) is 2.50. The van der Waals surface area contributed by atoms with Crippen molar-refractivity contribution in [2.45, 2.75) is 77.6 Å². The summed E-state index contributed by atoms with van der Waals surface area (Å²) < 4.78 is 0. The predicted octanol–water partition coefficient (Wildman–Crippen LogP) is 4.87. The zero-order valence-corrected chi connectivity index (χ0v) is 13.4. The summed E-state index contributed by atoms with van der Waals surface area (Å²) >= 11 is 0. The summed E-state index contributed by atoms with van der Waals surface area (Å²) in [5.74, 6) is 2.08. The van der Waals surface area contributed by atoms with Crippen molar-refractivity contribution in [3.05, 3.63) is 0 Å². The molecule has 0 spiro atoms. The number of hydrogen-bond donors (Lipinski definition) is 1. The molecule has 4 saturated carbocycles. The van der Waals surface area contributed by atoms with Crippen molar-refractivity contribution in [1.29, 1.82) is 0 Å². The molecule has 0 aromatic carbocycles. The average Bonchev–Trinajstić information content (AvgIpc) is 2.88. The van der Waals surface area contributed by atoms with E-state index in [1.54, 1.807) is 0 Å². The Labute approximate surface area is 128 Å². The van der Waals surface area contributed by atoms with Crippen LogP contribution in [0.2, 0.25) is 0 Å². The number of aliphatic carboxylic acids is 1. The van der Waals surface area contributed by atoms with E-state index in [2.05, 4.69) is 6.92 Å². The van der Waals surface area contributed by atoms with Gasteiger partial charge in [-0.2, -0.15) is 0 Å². The highest BCUT2D eigenvalue weighted by atomic mass is 16.4. The van der Waals surface area contributed by atoms with Crippen molar-refractivity contribution >= 4 is 5.97 Å². The number of carboxylic acid groups (broad SMARTS) is 1. The molecule has 0 aromatic heterocycles. The molecule has 0 amide bonds. The van der Waals surface area contributed by atoms with Gasteiger partial charge in [0.05, 0.1) is 5.41 Å². The van der Waals surface area contributed by atoms with Gasteiger partial charge < -0.3 is 5.11 Å². The summed E-state index contributed by atoms with van der Waals surface area (Å²) in [7, 11) is 0. The van der Waals surface area contributed by atoms with Gasteiger partial charge in [-0.3, -0.25) is 4.79 Å². The molecular weight excluding hydrogens is 260 g/mol. The highest BCUT2D eigenvalue weighted by molar-refractivity contribution is 5.76. The maximum absolute atomic E-state index is 12.3. The van der Waals surface area contributed by atoms with E-state index in [0.29, 0.717) is 17.3 Å². The Bertz CT molecular complexity index is 445. The molecule has 1 unspecified atom stereocenters. The van der Waals surface area contributed by atoms with Gasteiger partial charge in [-0.05, 0) is 80.5 Å². The Morgan fingerprint density at radius 2 is 1.76 bits per heavy atom. The van der Waals surface area contributed by atoms with E-state index in [1.165, 1.54) is 57.8 Å². The van der Waals surface area contributed by atoms with Crippen LogP contribution in [0.5, 0.6) is 0 Å². The Balaban J connectivity index is 1.71. The lowest BCUT2D eigenvalue weighted by Crippen LogP contribution is -2.56. The zero-order chi connectivity index (χ0) is 14.7. The second kappa shape index (κ2) is 4.73. The molecule has 1 N–H and O–H groups in total. The normalized spacial score (nSPS) is 52.6. The molecule has 0 aliphatic heterocycles. The topological polar surface area (TPSA) is 37.3 Å². The largest absolute Gasteiger partial charge is 0.481 e. The van der Waals surface area contributed by atoms with Crippen molar-refractivity contribution in [1.82, 2.24) is 0 Å². The van der Waals surface area contributed by atoms with Gasteiger partial charge in [0, 0.05) is 0 Å². The first-order valence-corrected chi connectivity index (χ1v) is 9.31. The van der Waals surface area contributed by atoms with Crippen LogP contribution in [-0.4, -0.2) is 11.1 Å².